The first-order valence-corrected chi connectivity index (χ1v) is 7.85. The van der Waals surface area contributed by atoms with E-state index in [-0.39, 0.29) is 5.91 Å². The van der Waals surface area contributed by atoms with Crippen molar-refractivity contribution in [2.24, 2.45) is 5.10 Å². The van der Waals surface area contributed by atoms with E-state index in [0.717, 1.165) is 16.7 Å². The van der Waals surface area contributed by atoms with Crippen LogP contribution in [0.5, 0.6) is 0 Å². The van der Waals surface area contributed by atoms with Gasteiger partial charge in [0.25, 0.3) is 5.91 Å². The van der Waals surface area contributed by atoms with Gasteiger partial charge in [-0.1, -0.05) is 42.5 Å². The molecule has 1 aliphatic rings. The first-order valence-electron chi connectivity index (χ1n) is 7.85. The Morgan fingerprint density at radius 2 is 1.79 bits per heavy atom. The smallest absolute Gasteiger partial charge is 0.267 e. The van der Waals surface area contributed by atoms with Gasteiger partial charge in [0, 0.05) is 12.0 Å². The number of fused-ring (bicyclic) bond motifs is 1. The average Bonchev–Trinajstić information content (AvgIpc) is 3.11. The molecule has 118 valence electrons. The zero-order chi connectivity index (χ0) is 16.5. The minimum atomic E-state index is -0.418. The van der Waals surface area contributed by atoms with E-state index < -0.39 is 5.82 Å². The highest BCUT2D eigenvalue weighted by molar-refractivity contribution is 6.06. The molecule has 0 N–H and O–H groups in total. The molecule has 0 saturated carbocycles. The van der Waals surface area contributed by atoms with Crippen LogP contribution in [0.25, 0.3) is 10.8 Å². The van der Waals surface area contributed by atoms with E-state index in [1.807, 2.05) is 18.2 Å². The zero-order valence-electron chi connectivity index (χ0n) is 12.9. The first kappa shape index (κ1) is 14.6. The SMILES string of the molecule is O=C(c1cccc(F)c1)N1CCC(c2ccc3ccccc3c2)=N1. The minimum absolute atomic E-state index is 0.273. The zero-order valence-corrected chi connectivity index (χ0v) is 12.9. The van der Waals surface area contributed by atoms with Crippen LogP contribution in [0.2, 0.25) is 0 Å². The Hall–Kier alpha value is -3.01. The molecule has 0 spiro atoms. The number of hydrogen-bond acceptors (Lipinski definition) is 2. The van der Waals surface area contributed by atoms with Crippen molar-refractivity contribution in [3.63, 3.8) is 0 Å². The Bertz CT molecular complexity index is 965. The number of carbonyl (C=O) groups is 1. The average molecular weight is 318 g/mol. The molecule has 1 amide bonds. The van der Waals surface area contributed by atoms with Gasteiger partial charge in [-0.2, -0.15) is 5.10 Å². The van der Waals surface area contributed by atoms with Gasteiger partial charge in [-0.3, -0.25) is 4.79 Å². The third-order valence-electron chi connectivity index (χ3n) is 4.19. The van der Waals surface area contributed by atoms with Crippen molar-refractivity contribution in [1.82, 2.24) is 5.01 Å². The van der Waals surface area contributed by atoms with Crippen molar-refractivity contribution >= 4 is 22.4 Å². The second-order valence-electron chi connectivity index (χ2n) is 5.80. The molecule has 1 aliphatic heterocycles. The van der Waals surface area contributed by atoms with E-state index in [0.29, 0.717) is 18.5 Å². The van der Waals surface area contributed by atoms with Crippen LogP contribution in [0, 0.1) is 5.82 Å². The van der Waals surface area contributed by atoms with Crippen molar-refractivity contribution in [3.05, 3.63) is 83.7 Å². The summed E-state index contributed by atoms with van der Waals surface area (Å²) in [5, 5.41) is 8.18. The Morgan fingerprint density at radius 1 is 0.958 bits per heavy atom. The van der Waals surface area contributed by atoms with Crippen LogP contribution in [-0.4, -0.2) is 23.2 Å². The predicted octanol–water partition coefficient (Wildman–Crippen LogP) is 4.23. The largest absolute Gasteiger partial charge is 0.274 e. The molecule has 0 atom stereocenters. The number of benzene rings is 3. The van der Waals surface area contributed by atoms with E-state index in [2.05, 4.69) is 29.4 Å². The van der Waals surface area contributed by atoms with Gasteiger partial charge in [0.15, 0.2) is 0 Å². The number of hydrogen-bond donors (Lipinski definition) is 0. The monoisotopic (exact) mass is 318 g/mol. The van der Waals surface area contributed by atoms with Crippen LogP contribution >= 0.6 is 0 Å². The van der Waals surface area contributed by atoms with E-state index in [9.17, 15) is 9.18 Å². The quantitative estimate of drug-likeness (QED) is 0.696. The van der Waals surface area contributed by atoms with E-state index in [4.69, 9.17) is 0 Å². The normalized spacial score (nSPS) is 14.0. The molecule has 24 heavy (non-hydrogen) atoms. The van der Waals surface area contributed by atoms with Gasteiger partial charge in [0.1, 0.15) is 5.82 Å². The highest BCUT2D eigenvalue weighted by atomic mass is 19.1. The van der Waals surface area contributed by atoms with Crippen LogP contribution in [0.1, 0.15) is 22.3 Å². The number of carbonyl (C=O) groups excluding carboxylic acids is 1. The lowest BCUT2D eigenvalue weighted by atomic mass is 10.0. The van der Waals surface area contributed by atoms with Gasteiger partial charge in [0.05, 0.1) is 12.3 Å². The van der Waals surface area contributed by atoms with Gasteiger partial charge in [-0.25, -0.2) is 9.40 Å². The maximum Gasteiger partial charge on any atom is 0.274 e. The molecule has 4 heteroatoms. The van der Waals surface area contributed by atoms with E-state index in [1.165, 1.54) is 28.6 Å². The Kier molecular flexibility index (Phi) is 3.58. The van der Waals surface area contributed by atoms with Gasteiger partial charge in [-0.15, -0.1) is 0 Å². The van der Waals surface area contributed by atoms with Crippen LogP contribution in [0.3, 0.4) is 0 Å². The summed E-state index contributed by atoms with van der Waals surface area (Å²) in [5.74, 6) is -0.691. The lowest BCUT2D eigenvalue weighted by Gasteiger charge is -2.11. The summed E-state index contributed by atoms with van der Waals surface area (Å²) in [4.78, 5) is 12.4. The summed E-state index contributed by atoms with van der Waals surface area (Å²) in [6.07, 6.45) is 0.694. The Labute approximate surface area is 139 Å². The molecular weight excluding hydrogens is 303 g/mol. The molecule has 3 aromatic rings. The maximum atomic E-state index is 13.3. The van der Waals surface area contributed by atoms with Gasteiger partial charge < -0.3 is 0 Å². The van der Waals surface area contributed by atoms with Crippen molar-refractivity contribution < 1.29 is 9.18 Å². The van der Waals surface area contributed by atoms with Crippen LogP contribution in [-0.2, 0) is 0 Å². The topological polar surface area (TPSA) is 32.7 Å². The predicted molar refractivity (Wildman–Crippen MR) is 92.5 cm³/mol. The molecule has 3 aromatic carbocycles. The van der Waals surface area contributed by atoms with Crippen molar-refractivity contribution in [2.45, 2.75) is 6.42 Å². The summed E-state index contributed by atoms with van der Waals surface area (Å²) < 4.78 is 13.3. The van der Waals surface area contributed by atoms with Gasteiger partial charge in [0.2, 0.25) is 0 Å². The number of halogens is 1. The Balaban J connectivity index is 1.63. The highest BCUT2D eigenvalue weighted by Crippen LogP contribution is 2.21. The molecule has 0 aromatic heterocycles. The molecule has 0 aliphatic carbocycles. The summed E-state index contributed by atoms with van der Waals surface area (Å²) in [6, 6.07) is 20.0. The number of amides is 1. The fourth-order valence-electron chi connectivity index (χ4n) is 2.95. The molecule has 0 fully saturated rings. The molecule has 1 heterocycles. The lowest BCUT2D eigenvalue weighted by Crippen LogP contribution is -2.23. The minimum Gasteiger partial charge on any atom is -0.267 e. The van der Waals surface area contributed by atoms with Gasteiger partial charge in [-0.05, 0) is 40.6 Å². The van der Waals surface area contributed by atoms with Crippen molar-refractivity contribution in [3.8, 4) is 0 Å². The summed E-state index contributed by atoms with van der Waals surface area (Å²) in [6.45, 7) is 0.511. The third kappa shape index (κ3) is 2.67. The van der Waals surface area contributed by atoms with E-state index in [1.54, 1.807) is 6.07 Å². The van der Waals surface area contributed by atoms with Gasteiger partial charge >= 0.3 is 0 Å². The Morgan fingerprint density at radius 3 is 2.62 bits per heavy atom. The molecule has 0 unspecified atom stereocenters. The molecule has 0 saturated heterocycles. The van der Waals surface area contributed by atoms with Crippen molar-refractivity contribution in [1.29, 1.82) is 0 Å². The third-order valence-corrected chi connectivity index (χ3v) is 4.19. The second-order valence-corrected chi connectivity index (χ2v) is 5.80. The fraction of sp³-hybridized carbons (Fsp3) is 0.100. The van der Waals surface area contributed by atoms with Crippen LogP contribution in [0.15, 0.2) is 71.8 Å². The number of hydrazone groups is 1. The second kappa shape index (κ2) is 5.89. The number of rotatable bonds is 2. The molecule has 3 nitrogen and oxygen atoms in total. The standard InChI is InChI=1S/C20H15FN2O/c21-18-7-3-6-17(13-18)20(24)23-11-10-19(22-23)16-9-8-14-4-1-2-5-15(14)12-16/h1-9,12-13H,10-11H2. The van der Waals surface area contributed by atoms with Crippen LogP contribution in [0.4, 0.5) is 4.39 Å². The summed E-state index contributed by atoms with van der Waals surface area (Å²) in [5.41, 5.74) is 2.22. The molecule has 0 bridgehead atoms. The van der Waals surface area contributed by atoms with Crippen molar-refractivity contribution in [2.75, 3.05) is 6.54 Å². The molecule has 0 radical (unpaired) electrons. The maximum absolute atomic E-state index is 13.3. The fourth-order valence-corrected chi connectivity index (χ4v) is 2.95. The van der Waals surface area contributed by atoms with Crippen LogP contribution < -0.4 is 0 Å². The molecular formula is C20H15FN2O. The number of nitrogens with zero attached hydrogens (tertiary/aromatic N) is 2. The molecule has 4 rings (SSSR count). The summed E-state index contributed by atoms with van der Waals surface area (Å²) in [7, 11) is 0. The first-order chi connectivity index (χ1) is 11.7. The van der Waals surface area contributed by atoms with E-state index >= 15 is 0 Å². The highest BCUT2D eigenvalue weighted by Gasteiger charge is 2.23. The summed E-state index contributed by atoms with van der Waals surface area (Å²) >= 11 is 0. The lowest BCUT2D eigenvalue weighted by molar-refractivity contribution is 0.0778.